The van der Waals surface area contributed by atoms with Gasteiger partial charge in [0.05, 0.1) is 17.4 Å². The van der Waals surface area contributed by atoms with Crippen LogP contribution < -0.4 is 68.9 Å². The van der Waals surface area contributed by atoms with Crippen LogP contribution in [0.5, 0.6) is 0 Å². The Hall–Kier alpha value is 0.612. The number of hydrogen-bond acceptors (Lipinski definition) is 4. The van der Waals surface area contributed by atoms with Gasteiger partial charge in [0.25, 0.3) is 0 Å². The molecule has 0 aliphatic carbocycles. The summed E-state index contributed by atoms with van der Waals surface area (Å²) in [5, 5.41) is 0. The van der Waals surface area contributed by atoms with Crippen LogP contribution in [-0.4, -0.2) is 27.5 Å². The molecular formula is C7H7CsN2O4S. The van der Waals surface area contributed by atoms with Gasteiger partial charge in [-0.15, -0.1) is 0 Å². The van der Waals surface area contributed by atoms with Gasteiger partial charge in [-0.1, -0.05) is 12.1 Å². The average molecular weight is 348 g/mol. The molecule has 0 atom stereocenters. The van der Waals surface area contributed by atoms with E-state index >= 15 is 0 Å². The fourth-order valence-corrected chi connectivity index (χ4v) is 0.880. The predicted molar refractivity (Wildman–Crippen MR) is 48.4 cm³/mol. The molecule has 0 saturated heterocycles. The van der Waals surface area contributed by atoms with E-state index in [-0.39, 0.29) is 68.9 Å². The standard InChI is InChI=1S/C7H6N2.Cs.H2O4S/c1-2-4-7-6(3-1)8-5-9-7;;1-5(2,3)4/h1-5H,(H,8,9);;(H2,1,2,3,4)/q;+1;/p-1. The topological polar surface area (TPSA) is 106 Å². The molecule has 0 saturated carbocycles. The summed E-state index contributed by atoms with van der Waals surface area (Å²) in [6.07, 6.45) is 1.70. The van der Waals surface area contributed by atoms with Crippen LogP contribution in [0, 0.1) is 0 Å². The molecule has 0 unspecified atom stereocenters. The number of nitrogens with zero attached hydrogens (tertiary/aromatic N) is 1. The number of para-hydroxylation sites is 2. The Bertz CT molecular complexity index is 472. The van der Waals surface area contributed by atoms with Gasteiger partial charge in [-0.3, -0.25) is 4.55 Å². The summed E-state index contributed by atoms with van der Waals surface area (Å²) in [4.78, 5) is 7.07. The van der Waals surface area contributed by atoms with Crippen molar-refractivity contribution in [3.05, 3.63) is 30.6 Å². The molecule has 6 nitrogen and oxygen atoms in total. The van der Waals surface area contributed by atoms with Gasteiger partial charge < -0.3 is 9.54 Å². The van der Waals surface area contributed by atoms with E-state index in [9.17, 15) is 0 Å². The van der Waals surface area contributed by atoms with Gasteiger partial charge in [-0.05, 0) is 12.1 Å². The van der Waals surface area contributed by atoms with E-state index in [1.165, 1.54) is 0 Å². The van der Waals surface area contributed by atoms with E-state index in [2.05, 4.69) is 9.97 Å². The SMILES string of the molecule is O=S(=O)([O-])O.[Cs+].c1ccc2[nH]cnc2c1. The smallest absolute Gasteiger partial charge is 0.726 e. The molecule has 1 aromatic heterocycles. The quantitative estimate of drug-likeness (QED) is 0.407. The Kier molecular flexibility index (Phi) is 7.33. The summed E-state index contributed by atoms with van der Waals surface area (Å²) >= 11 is 0. The molecule has 15 heavy (non-hydrogen) atoms. The van der Waals surface area contributed by atoms with Crippen molar-refractivity contribution in [1.82, 2.24) is 9.97 Å². The summed E-state index contributed by atoms with van der Waals surface area (Å²) in [5.74, 6) is 0. The molecule has 0 spiro atoms. The minimum atomic E-state index is -4.92. The average Bonchev–Trinajstić information content (AvgIpc) is 2.47. The van der Waals surface area contributed by atoms with Crippen molar-refractivity contribution < 1.29 is 86.4 Å². The van der Waals surface area contributed by atoms with Crippen molar-refractivity contribution in [3.8, 4) is 0 Å². The largest absolute Gasteiger partial charge is 1.00 e. The van der Waals surface area contributed by atoms with Gasteiger partial charge in [0.1, 0.15) is 0 Å². The molecule has 8 heteroatoms. The summed E-state index contributed by atoms with van der Waals surface area (Å²) < 4.78 is 32.8. The predicted octanol–water partition coefficient (Wildman–Crippen LogP) is -2.43. The molecule has 2 N–H and O–H groups in total. The minimum Gasteiger partial charge on any atom is -0.726 e. The second kappa shape index (κ2) is 7.04. The Morgan fingerprint density at radius 1 is 1.33 bits per heavy atom. The number of imidazole rings is 1. The molecule has 0 bridgehead atoms. The van der Waals surface area contributed by atoms with Crippen LogP contribution in [0.4, 0.5) is 0 Å². The van der Waals surface area contributed by atoms with E-state index < -0.39 is 10.4 Å². The molecule has 0 radical (unpaired) electrons. The Labute approximate surface area is 145 Å². The first-order valence-corrected chi connectivity index (χ1v) is 4.90. The number of nitrogens with one attached hydrogen (secondary N) is 1. The molecule has 0 aliphatic heterocycles. The van der Waals surface area contributed by atoms with Crippen LogP contribution in [0.3, 0.4) is 0 Å². The number of rotatable bonds is 0. The number of hydrogen-bond donors (Lipinski definition) is 2. The fourth-order valence-electron chi connectivity index (χ4n) is 0.880. The van der Waals surface area contributed by atoms with Crippen LogP contribution in [0.1, 0.15) is 0 Å². The number of aromatic amines is 1. The first-order valence-electron chi connectivity index (χ1n) is 3.53. The van der Waals surface area contributed by atoms with Crippen LogP contribution in [0.25, 0.3) is 11.0 Å². The zero-order valence-corrected chi connectivity index (χ0v) is 15.0. The summed E-state index contributed by atoms with van der Waals surface area (Å²) in [6.45, 7) is 0. The van der Waals surface area contributed by atoms with E-state index in [1.54, 1.807) is 6.33 Å². The van der Waals surface area contributed by atoms with Gasteiger partial charge in [0, 0.05) is 0 Å². The maximum absolute atomic E-state index is 8.63. The maximum Gasteiger partial charge on any atom is 1.00 e. The van der Waals surface area contributed by atoms with Crippen LogP contribution in [0.2, 0.25) is 0 Å². The third-order valence-electron chi connectivity index (χ3n) is 1.33. The molecule has 76 valence electrons. The molecule has 0 aliphatic rings. The summed E-state index contributed by atoms with van der Waals surface area (Å²) in [5.41, 5.74) is 2.12. The van der Waals surface area contributed by atoms with Crippen molar-refractivity contribution in [2.24, 2.45) is 0 Å². The van der Waals surface area contributed by atoms with Crippen molar-refractivity contribution in [3.63, 3.8) is 0 Å². The normalized spacial score (nSPS) is 10.0. The maximum atomic E-state index is 8.63. The molecule has 1 heterocycles. The molecule has 2 aromatic rings. The van der Waals surface area contributed by atoms with E-state index in [4.69, 9.17) is 17.5 Å². The van der Waals surface area contributed by atoms with Crippen molar-refractivity contribution in [1.29, 1.82) is 0 Å². The van der Waals surface area contributed by atoms with Gasteiger partial charge in [0.15, 0.2) is 0 Å². The number of benzene rings is 1. The van der Waals surface area contributed by atoms with E-state index in [1.807, 2.05) is 24.3 Å². The Balaban J connectivity index is 0.000000289. The zero-order chi connectivity index (χ0) is 10.6. The second-order valence-corrected chi connectivity index (χ2v) is 3.20. The third-order valence-corrected chi connectivity index (χ3v) is 1.33. The van der Waals surface area contributed by atoms with Crippen molar-refractivity contribution in [2.75, 3.05) is 0 Å². The molecule has 2 rings (SSSR count). The Morgan fingerprint density at radius 2 is 1.87 bits per heavy atom. The first-order chi connectivity index (χ1) is 6.47. The van der Waals surface area contributed by atoms with Gasteiger partial charge in [-0.2, -0.15) is 0 Å². The molecular weight excluding hydrogens is 341 g/mol. The third kappa shape index (κ3) is 7.49. The van der Waals surface area contributed by atoms with Gasteiger partial charge >= 0.3 is 68.9 Å². The fraction of sp³-hybridized carbons (Fsp3) is 0. The number of fused-ring (bicyclic) bond motifs is 1. The second-order valence-electron chi connectivity index (χ2n) is 2.35. The van der Waals surface area contributed by atoms with Crippen LogP contribution >= 0.6 is 0 Å². The number of aromatic nitrogens is 2. The van der Waals surface area contributed by atoms with Gasteiger partial charge in [-0.25, -0.2) is 13.4 Å². The zero-order valence-electron chi connectivity index (χ0n) is 7.91. The summed E-state index contributed by atoms with van der Waals surface area (Å²) in [6, 6.07) is 7.94. The van der Waals surface area contributed by atoms with Crippen LogP contribution in [-0.2, 0) is 10.4 Å². The minimum absolute atomic E-state index is 0. The first kappa shape index (κ1) is 15.6. The van der Waals surface area contributed by atoms with E-state index in [0.29, 0.717) is 0 Å². The van der Waals surface area contributed by atoms with E-state index in [0.717, 1.165) is 11.0 Å². The molecule has 0 amide bonds. The molecule has 0 fully saturated rings. The van der Waals surface area contributed by atoms with Crippen molar-refractivity contribution in [2.45, 2.75) is 0 Å². The van der Waals surface area contributed by atoms with Crippen LogP contribution in [0.15, 0.2) is 30.6 Å². The number of H-pyrrole nitrogens is 1. The van der Waals surface area contributed by atoms with Crippen molar-refractivity contribution >= 4 is 21.4 Å². The monoisotopic (exact) mass is 348 g/mol. The summed E-state index contributed by atoms with van der Waals surface area (Å²) in [7, 11) is -4.92. The molecule has 1 aromatic carbocycles. The Morgan fingerprint density at radius 3 is 2.40 bits per heavy atom. The van der Waals surface area contributed by atoms with Gasteiger partial charge in [0.2, 0.25) is 10.4 Å².